The lowest BCUT2D eigenvalue weighted by Gasteiger charge is -2.34. The summed E-state index contributed by atoms with van der Waals surface area (Å²) < 4.78 is 0. The van der Waals surface area contributed by atoms with Gasteiger partial charge in [-0.15, -0.1) is 0 Å². The highest BCUT2D eigenvalue weighted by atomic mass is 16.2. The number of anilines is 2. The molecule has 1 aromatic heterocycles. The molecule has 1 amide bonds. The van der Waals surface area contributed by atoms with E-state index in [2.05, 4.69) is 15.6 Å². The lowest BCUT2D eigenvalue weighted by molar-refractivity contribution is -0.120. The van der Waals surface area contributed by atoms with Crippen molar-refractivity contribution in [3.63, 3.8) is 0 Å². The van der Waals surface area contributed by atoms with Crippen LogP contribution in [0.15, 0.2) is 12.1 Å². The quantitative estimate of drug-likeness (QED) is 0.736. The molecule has 1 aliphatic rings. The number of carbonyl (C=O) groups excluding carboxylic acids is 1. The fourth-order valence-electron chi connectivity index (χ4n) is 1.58. The third kappa shape index (κ3) is 1.56. The second-order valence-electron chi connectivity index (χ2n) is 4.11. The first-order valence-corrected chi connectivity index (χ1v) is 5.12. The zero-order valence-corrected chi connectivity index (χ0v) is 9.22. The standard InChI is InChI=1S/C11H15N3O/c1-4-11(3)10(15)13-8-6-5-7(2)12-9(8)14-11/h5-6H,4H2,1-3H3,(H,12,14)(H,13,15). The Morgan fingerprint density at radius 3 is 2.87 bits per heavy atom. The number of nitrogens with zero attached hydrogens (tertiary/aromatic N) is 1. The van der Waals surface area contributed by atoms with Crippen LogP contribution in [0.5, 0.6) is 0 Å². The maximum absolute atomic E-state index is 11.8. The van der Waals surface area contributed by atoms with E-state index in [-0.39, 0.29) is 5.91 Å². The molecule has 1 aromatic rings. The topological polar surface area (TPSA) is 54.0 Å². The molecule has 1 aliphatic heterocycles. The highest BCUT2D eigenvalue weighted by Gasteiger charge is 2.36. The van der Waals surface area contributed by atoms with E-state index in [4.69, 9.17) is 0 Å². The molecule has 0 saturated heterocycles. The van der Waals surface area contributed by atoms with Crippen LogP contribution in [0, 0.1) is 6.92 Å². The van der Waals surface area contributed by atoms with Gasteiger partial charge >= 0.3 is 0 Å². The first-order chi connectivity index (χ1) is 7.05. The first kappa shape index (κ1) is 9.96. The molecule has 0 fully saturated rings. The van der Waals surface area contributed by atoms with Crippen LogP contribution in [0.3, 0.4) is 0 Å². The second kappa shape index (κ2) is 3.22. The molecule has 2 heterocycles. The number of hydrogen-bond donors (Lipinski definition) is 2. The van der Waals surface area contributed by atoms with E-state index in [0.29, 0.717) is 0 Å². The van der Waals surface area contributed by atoms with Gasteiger partial charge in [-0.25, -0.2) is 4.98 Å². The largest absolute Gasteiger partial charge is 0.354 e. The molecule has 80 valence electrons. The Kier molecular flexibility index (Phi) is 2.14. The van der Waals surface area contributed by atoms with E-state index in [1.54, 1.807) is 0 Å². The van der Waals surface area contributed by atoms with Crippen LogP contribution in [0.1, 0.15) is 26.0 Å². The Morgan fingerprint density at radius 2 is 2.20 bits per heavy atom. The lowest BCUT2D eigenvalue weighted by atomic mass is 9.95. The van der Waals surface area contributed by atoms with E-state index in [1.165, 1.54) is 0 Å². The summed E-state index contributed by atoms with van der Waals surface area (Å²) in [5, 5.41) is 6.06. The molecule has 1 atom stereocenters. The van der Waals surface area contributed by atoms with Crippen LogP contribution in [0.4, 0.5) is 11.5 Å². The Hall–Kier alpha value is -1.58. The minimum atomic E-state index is -0.548. The smallest absolute Gasteiger partial charge is 0.249 e. The van der Waals surface area contributed by atoms with Crippen molar-refractivity contribution < 1.29 is 4.79 Å². The summed E-state index contributed by atoms with van der Waals surface area (Å²) in [6.45, 7) is 5.80. The second-order valence-corrected chi connectivity index (χ2v) is 4.11. The fourth-order valence-corrected chi connectivity index (χ4v) is 1.58. The van der Waals surface area contributed by atoms with Gasteiger partial charge in [-0.1, -0.05) is 6.92 Å². The summed E-state index contributed by atoms with van der Waals surface area (Å²) in [6, 6.07) is 3.76. The van der Waals surface area contributed by atoms with Gasteiger partial charge in [-0.3, -0.25) is 4.79 Å². The molecule has 0 radical (unpaired) electrons. The summed E-state index contributed by atoms with van der Waals surface area (Å²) in [4.78, 5) is 16.2. The molecular formula is C11H15N3O. The van der Waals surface area contributed by atoms with Gasteiger partial charge in [0.05, 0.1) is 5.69 Å². The van der Waals surface area contributed by atoms with Crippen LogP contribution in [-0.2, 0) is 4.79 Å². The van der Waals surface area contributed by atoms with E-state index < -0.39 is 5.54 Å². The van der Waals surface area contributed by atoms with Crippen molar-refractivity contribution in [1.29, 1.82) is 0 Å². The monoisotopic (exact) mass is 205 g/mol. The summed E-state index contributed by atoms with van der Waals surface area (Å²) >= 11 is 0. The Morgan fingerprint density at radius 1 is 1.47 bits per heavy atom. The van der Waals surface area contributed by atoms with Gasteiger partial charge < -0.3 is 10.6 Å². The molecule has 15 heavy (non-hydrogen) atoms. The third-order valence-corrected chi connectivity index (χ3v) is 2.89. The van der Waals surface area contributed by atoms with Crippen molar-refractivity contribution in [2.75, 3.05) is 10.6 Å². The SMILES string of the molecule is CCC1(C)Nc2nc(C)ccc2NC1=O. The van der Waals surface area contributed by atoms with Gasteiger partial charge in [-0.05, 0) is 32.4 Å². The fraction of sp³-hybridized carbons (Fsp3) is 0.455. The lowest BCUT2D eigenvalue weighted by Crippen LogP contribution is -2.49. The summed E-state index contributed by atoms with van der Waals surface area (Å²) in [5.41, 5.74) is 1.15. The van der Waals surface area contributed by atoms with Gasteiger partial charge in [0.25, 0.3) is 0 Å². The predicted octanol–water partition coefficient (Wildman–Crippen LogP) is 1.92. The molecular weight excluding hydrogens is 190 g/mol. The summed E-state index contributed by atoms with van der Waals surface area (Å²) in [5.74, 6) is 0.766. The Bertz CT molecular complexity index is 416. The summed E-state index contributed by atoms with van der Waals surface area (Å²) in [7, 11) is 0. The van der Waals surface area contributed by atoms with E-state index in [0.717, 1.165) is 23.6 Å². The third-order valence-electron chi connectivity index (χ3n) is 2.89. The molecule has 1 unspecified atom stereocenters. The highest BCUT2D eigenvalue weighted by Crippen LogP contribution is 2.30. The zero-order valence-electron chi connectivity index (χ0n) is 9.22. The van der Waals surface area contributed by atoms with Gasteiger partial charge in [0.15, 0.2) is 5.82 Å². The van der Waals surface area contributed by atoms with Crippen molar-refractivity contribution in [3.05, 3.63) is 17.8 Å². The number of carbonyl (C=O) groups is 1. The number of pyridine rings is 1. The number of amides is 1. The van der Waals surface area contributed by atoms with E-state index >= 15 is 0 Å². The number of aryl methyl sites for hydroxylation is 1. The number of rotatable bonds is 1. The maximum atomic E-state index is 11.8. The first-order valence-electron chi connectivity index (χ1n) is 5.12. The molecule has 4 heteroatoms. The zero-order chi connectivity index (χ0) is 11.1. The minimum Gasteiger partial charge on any atom is -0.354 e. The maximum Gasteiger partial charge on any atom is 0.249 e. The summed E-state index contributed by atoms with van der Waals surface area (Å²) in [6.07, 6.45) is 0.730. The minimum absolute atomic E-state index is 0.00292. The van der Waals surface area contributed by atoms with Crippen LogP contribution < -0.4 is 10.6 Å². The average molecular weight is 205 g/mol. The van der Waals surface area contributed by atoms with Crippen molar-refractivity contribution in [1.82, 2.24) is 4.98 Å². The average Bonchev–Trinajstić information content (AvgIpc) is 2.20. The predicted molar refractivity (Wildman–Crippen MR) is 59.9 cm³/mol. The number of aromatic nitrogens is 1. The van der Waals surface area contributed by atoms with Crippen molar-refractivity contribution in [2.24, 2.45) is 0 Å². The molecule has 4 nitrogen and oxygen atoms in total. The normalized spacial score (nSPS) is 24.1. The van der Waals surface area contributed by atoms with Crippen LogP contribution in [0.25, 0.3) is 0 Å². The van der Waals surface area contributed by atoms with Gasteiger partial charge in [0.2, 0.25) is 5.91 Å². The van der Waals surface area contributed by atoms with Crippen LogP contribution >= 0.6 is 0 Å². The molecule has 2 rings (SSSR count). The highest BCUT2D eigenvalue weighted by molar-refractivity contribution is 6.04. The number of fused-ring (bicyclic) bond motifs is 1. The number of nitrogens with one attached hydrogen (secondary N) is 2. The molecule has 0 saturated carbocycles. The van der Waals surface area contributed by atoms with Gasteiger partial charge in [0.1, 0.15) is 5.54 Å². The van der Waals surface area contributed by atoms with Crippen molar-refractivity contribution in [3.8, 4) is 0 Å². The van der Waals surface area contributed by atoms with Gasteiger partial charge in [0, 0.05) is 5.69 Å². The Balaban J connectivity index is 2.43. The Labute approximate surface area is 89.1 Å². The van der Waals surface area contributed by atoms with Crippen LogP contribution in [0.2, 0.25) is 0 Å². The van der Waals surface area contributed by atoms with E-state index in [1.807, 2.05) is 32.9 Å². The van der Waals surface area contributed by atoms with Gasteiger partial charge in [-0.2, -0.15) is 0 Å². The number of hydrogen-bond acceptors (Lipinski definition) is 3. The molecule has 0 spiro atoms. The molecule has 0 bridgehead atoms. The van der Waals surface area contributed by atoms with E-state index in [9.17, 15) is 4.79 Å². The molecule has 0 aromatic carbocycles. The van der Waals surface area contributed by atoms with Crippen LogP contribution in [-0.4, -0.2) is 16.4 Å². The molecule has 0 aliphatic carbocycles. The van der Waals surface area contributed by atoms with Crippen molar-refractivity contribution >= 4 is 17.4 Å². The molecule has 2 N–H and O–H groups in total. The van der Waals surface area contributed by atoms with Crippen molar-refractivity contribution in [2.45, 2.75) is 32.7 Å².